The van der Waals surface area contributed by atoms with E-state index in [1.54, 1.807) is 0 Å². The molecule has 1 fully saturated rings. The van der Waals surface area contributed by atoms with Gasteiger partial charge < -0.3 is 10.2 Å². The van der Waals surface area contributed by atoms with Gasteiger partial charge in [-0.05, 0) is 56.3 Å². The van der Waals surface area contributed by atoms with Crippen LogP contribution in [0.2, 0.25) is 0 Å². The van der Waals surface area contributed by atoms with Crippen LogP contribution >= 0.6 is 0 Å². The summed E-state index contributed by atoms with van der Waals surface area (Å²) in [6, 6.07) is 8.78. The number of hydrogen-bond donors (Lipinski definition) is 1. The predicted octanol–water partition coefficient (Wildman–Crippen LogP) is 2.68. The maximum absolute atomic E-state index is 3.43. The van der Waals surface area contributed by atoms with Gasteiger partial charge >= 0.3 is 0 Å². The molecule has 0 amide bonds. The lowest BCUT2D eigenvalue weighted by molar-refractivity contribution is 0.354. The molecule has 0 radical (unpaired) electrons. The van der Waals surface area contributed by atoms with Gasteiger partial charge in [-0.15, -0.1) is 0 Å². The molecule has 0 spiro atoms. The van der Waals surface area contributed by atoms with E-state index in [9.17, 15) is 0 Å². The van der Waals surface area contributed by atoms with Gasteiger partial charge in [-0.25, -0.2) is 0 Å². The number of nitrogens with zero attached hydrogens (tertiary/aromatic N) is 1. The first-order chi connectivity index (χ1) is 8.27. The lowest BCUT2D eigenvalue weighted by Crippen LogP contribution is -2.28. The van der Waals surface area contributed by atoms with Crippen molar-refractivity contribution < 1.29 is 0 Å². The quantitative estimate of drug-likeness (QED) is 0.858. The van der Waals surface area contributed by atoms with Gasteiger partial charge in [0, 0.05) is 19.8 Å². The first-order valence-corrected chi connectivity index (χ1v) is 6.73. The summed E-state index contributed by atoms with van der Waals surface area (Å²) < 4.78 is 0. The molecule has 0 aliphatic carbocycles. The fraction of sp³-hybridized carbons (Fsp3) is 0.600. The second-order valence-electron chi connectivity index (χ2n) is 5.26. The van der Waals surface area contributed by atoms with Gasteiger partial charge in [0.2, 0.25) is 0 Å². The third-order valence-electron chi connectivity index (χ3n) is 3.75. The van der Waals surface area contributed by atoms with E-state index in [-0.39, 0.29) is 0 Å². The average molecular weight is 232 g/mol. The summed E-state index contributed by atoms with van der Waals surface area (Å²) in [7, 11) is 4.26. The Hall–Kier alpha value is -1.02. The van der Waals surface area contributed by atoms with Gasteiger partial charge in [-0.3, -0.25) is 0 Å². The van der Waals surface area contributed by atoms with E-state index in [1.165, 1.54) is 50.0 Å². The minimum absolute atomic E-state index is 0.923. The molecule has 2 heteroatoms. The number of anilines is 1. The van der Waals surface area contributed by atoms with Gasteiger partial charge in [0.1, 0.15) is 0 Å². The van der Waals surface area contributed by atoms with E-state index in [4.69, 9.17) is 0 Å². The molecule has 2 nitrogen and oxygen atoms in total. The molecule has 94 valence electrons. The minimum Gasteiger partial charge on any atom is -0.377 e. The van der Waals surface area contributed by atoms with Crippen LogP contribution in [0.4, 0.5) is 5.69 Å². The third-order valence-corrected chi connectivity index (χ3v) is 3.75. The number of rotatable bonds is 4. The van der Waals surface area contributed by atoms with Crippen molar-refractivity contribution in [2.45, 2.75) is 25.7 Å². The van der Waals surface area contributed by atoms with Crippen LogP contribution in [0, 0.1) is 5.92 Å². The van der Waals surface area contributed by atoms with Crippen molar-refractivity contribution in [1.82, 2.24) is 5.32 Å². The molecular weight excluding hydrogens is 208 g/mol. The molecular formula is C15H24N2. The summed E-state index contributed by atoms with van der Waals surface area (Å²) in [6.45, 7) is 2.42. The van der Waals surface area contributed by atoms with E-state index >= 15 is 0 Å². The molecule has 0 unspecified atom stereocenters. The molecule has 0 saturated carbocycles. The van der Waals surface area contributed by atoms with Crippen LogP contribution in [-0.4, -0.2) is 27.2 Å². The lowest BCUT2D eigenvalue weighted by atomic mass is 9.91. The second-order valence-corrected chi connectivity index (χ2v) is 5.26. The lowest BCUT2D eigenvalue weighted by Gasteiger charge is -2.23. The number of para-hydroxylation sites is 1. The number of hydrogen-bond acceptors (Lipinski definition) is 2. The molecule has 1 aromatic rings. The van der Waals surface area contributed by atoms with Crippen molar-refractivity contribution in [2.24, 2.45) is 5.92 Å². The van der Waals surface area contributed by atoms with Crippen LogP contribution in [-0.2, 0) is 6.42 Å². The summed E-state index contributed by atoms with van der Waals surface area (Å²) in [4.78, 5) is 2.22. The van der Waals surface area contributed by atoms with Crippen molar-refractivity contribution in [3.8, 4) is 0 Å². The highest BCUT2D eigenvalue weighted by Crippen LogP contribution is 2.24. The van der Waals surface area contributed by atoms with Crippen molar-refractivity contribution in [2.75, 3.05) is 32.1 Å². The Morgan fingerprint density at radius 3 is 2.59 bits per heavy atom. The van der Waals surface area contributed by atoms with Crippen LogP contribution in [0.5, 0.6) is 0 Å². The Balaban J connectivity index is 1.93. The first kappa shape index (κ1) is 12.4. The Kier molecular flexibility index (Phi) is 4.43. The van der Waals surface area contributed by atoms with Crippen LogP contribution in [0.1, 0.15) is 24.8 Å². The fourth-order valence-electron chi connectivity index (χ4n) is 2.69. The first-order valence-electron chi connectivity index (χ1n) is 6.73. The molecule has 0 aromatic heterocycles. The molecule has 2 rings (SSSR count). The zero-order valence-corrected chi connectivity index (χ0v) is 11.1. The van der Waals surface area contributed by atoms with Crippen molar-refractivity contribution in [1.29, 1.82) is 0 Å². The number of aryl methyl sites for hydroxylation is 1. The normalized spacial score (nSPS) is 17.1. The van der Waals surface area contributed by atoms with E-state index in [1.807, 2.05) is 0 Å². The van der Waals surface area contributed by atoms with Crippen LogP contribution in [0.15, 0.2) is 24.3 Å². The Morgan fingerprint density at radius 1 is 1.18 bits per heavy atom. The number of nitrogens with one attached hydrogen (secondary N) is 1. The van der Waals surface area contributed by atoms with E-state index in [0.717, 1.165) is 5.92 Å². The van der Waals surface area contributed by atoms with E-state index in [0.29, 0.717) is 0 Å². The van der Waals surface area contributed by atoms with Gasteiger partial charge in [0.25, 0.3) is 0 Å². The smallest absolute Gasteiger partial charge is 0.0393 e. The summed E-state index contributed by atoms with van der Waals surface area (Å²) in [5, 5.41) is 3.43. The highest BCUT2D eigenvalue weighted by molar-refractivity contribution is 5.52. The van der Waals surface area contributed by atoms with Crippen molar-refractivity contribution in [3.63, 3.8) is 0 Å². The topological polar surface area (TPSA) is 15.3 Å². The summed E-state index contributed by atoms with van der Waals surface area (Å²) in [5.41, 5.74) is 2.87. The summed E-state index contributed by atoms with van der Waals surface area (Å²) >= 11 is 0. The maximum atomic E-state index is 3.43. The van der Waals surface area contributed by atoms with Gasteiger partial charge in [0.15, 0.2) is 0 Å². The third kappa shape index (κ3) is 3.47. The molecule has 1 heterocycles. The van der Waals surface area contributed by atoms with Crippen molar-refractivity contribution in [3.05, 3.63) is 29.8 Å². The largest absolute Gasteiger partial charge is 0.377 e. The van der Waals surface area contributed by atoms with Gasteiger partial charge in [-0.1, -0.05) is 18.2 Å². The summed E-state index contributed by atoms with van der Waals surface area (Å²) in [5.74, 6) is 0.923. The Morgan fingerprint density at radius 2 is 1.88 bits per heavy atom. The van der Waals surface area contributed by atoms with Crippen LogP contribution < -0.4 is 10.2 Å². The standard InChI is InChI=1S/C15H24N2/c1-17(2)15-6-4-3-5-14(15)8-7-13-9-11-16-12-10-13/h3-6,13,16H,7-12H2,1-2H3. The van der Waals surface area contributed by atoms with Crippen LogP contribution in [0.3, 0.4) is 0 Å². The van der Waals surface area contributed by atoms with Gasteiger partial charge in [0.05, 0.1) is 0 Å². The Labute approximate surface area is 105 Å². The monoisotopic (exact) mass is 232 g/mol. The molecule has 0 bridgehead atoms. The Bertz CT molecular complexity index is 341. The fourth-order valence-corrected chi connectivity index (χ4v) is 2.69. The molecule has 1 saturated heterocycles. The average Bonchev–Trinajstić information content (AvgIpc) is 2.38. The minimum atomic E-state index is 0.923. The second kappa shape index (κ2) is 6.06. The van der Waals surface area contributed by atoms with Crippen molar-refractivity contribution >= 4 is 5.69 Å². The molecule has 1 aromatic carbocycles. The molecule has 1 aliphatic rings. The molecule has 17 heavy (non-hydrogen) atoms. The highest BCUT2D eigenvalue weighted by atomic mass is 15.1. The maximum Gasteiger partial charge on any atom is 0.0393 e. The zero-order chi connectivity index (χ0) is 12.1. The SMILES string of the molecule is CN(C)c1ccccc1CCC1CCNCC1. The predicted molar refractivity (Wildman–Crippen MR) is 74.7 cm³/mol. The van der Waals surface area contributed by atoms with Gasteiger partial charge in [-0.2, -0.15) is 0 Å². The number of benzene rings is 1. The molecule has 1 aliphatic heterocycles. The molecule has 0 atom stereocenters. The zero-order valence-electron chi connectivity index (χ0n) is 11.1. The van der Waals surface area contributed by atoms with E-state index in [2.05, 4.69) is 48.6 Å². The van der Waals surface area contributed by atoms with Crippen LogP contribution in [0.25, 0.3) is 0 Å². The molecule has 1 N–H and O–H groups in total. The number of piperidine rings is 1. The summed E-state index contributed by atoms with van der Waals surface area (Å²) in [6.07, 6.45) is 5.26. The van der Waals surface area contributed by atoms with E-state index < -0.39 is 0 Å². The highest BCUT2D eigenvalue weighted by Gasteiger charge is 2.13.